The summed E-state index contributed by atoms with van der Waals surface area (Å²) in [6.45, 7) is 2.32. The van der Waals surface area contributed by atoms with Crippen molar-refractivity contribution >= 4 is 11.6 Å². The normalized spacial score (nSPS) is 25.0. The molecule has 1 amide bonds. The topological polar surface area (TPSA) is 58.8 Å². The first-order valence-electron chi connectivity index (χ1n) is 7.93. The van der Waals surface area contributed by atoms with Crippen LogP contribution in [0.5, 0.6) is 0 Å². The highest BCUT2D eigenvalue weighted by Gasteiger charge is 2.34. The fourth-order valence-electron chi connectivity index (χ4n) is 3.16. The van der Waals surface area contributed by atoms with Crippen LogP contribution in [0.1, 0.15) is 12.8 Å². The van der Waals surface area contributed by atoms with Crippen LogP contribution in [-0.4, -0.2) is 55.7 Å². The molecule has 0 aromatic heterocycles. The van der Waals surface area contributed by atoms with E-state index < -0.39 is 17.7 Å². The Morgan fingerprint density at radius 3 is 2.61 bits per heavy atom. The first-order chi connectivity index (χ1) is 11.1. The van der Waals surface area contributed by atoms with Gasteiger partial charge >= 0.3 is 0 Å². The third kappa shape index (κ3) is 3.45. The fraction of sp³-hybridized carbons (Fsp3) is 0.562. The minimum Gasteiger partial charge on any atom is -0.366 e. The number of benzene rings is 1. The van der Waals surface area contributed by atoms with Crippen molar-refractivity contribution in [1.29, 1.82) is 0 Å². The molecule has 7 heteroatoms. The van der Waals surface area contributed by atoms with Crippen LogP contribution in [0.15, 0.2) is 18.2 Å². The van der Waals surface area contributed by atoms with E-state index in [1.54, 1.807) is 9.80 Å². The Bertz CT molecular complexity index is 576. The van der Waals surface area contributed by atoms with Gasteiger partial charge in [0, 0.05) is 38.8 Å². The standard InChI is InChI=1S/C16H21F2N3O2/c17-11-1-3-13(18)14(9-11)20-5-7-21(8-6-20)16(22)15-4-2-12(10-19)23-15/h1,3,9,12,15H,2,4-8,10,19H2/t12-,15+/m1/s1. The lowest BCUT2D eigenvalue weighted by Crippen LogP contribution is -2.51. The highest BCUT2D eigenvalue weighted by atomic mass is 19.1. The zero-order valence-corrected chi connectivity index (χ0v) is 12.9. The summed E-state index contributed by atoms with van der Waals surface area (Å²) in [5.41, 5.74) is 5.81. The summed E-state index contributed by atoms with van der Waals surface area (Å²) in [4.78, 5) is 15.9. The molecule has 2 heterocycles. The van der Waals surface area contributed by atoms with Crippen LogP contribution in [0.2, 0.25) is 0 Å². The second-order valence-electron chi connectivity index (χ2n) is 5.97. The predicted molar refractivity (Wildman–Crippen MR) is 82.1 cm³/mol. The molecule has 0 radical (unpaired) electrons. The second-order valence-corrected chi connectivity index (χ2v) is 5.97. The zero-order chi connectivity index (χ0) is 16.4. The van der Waals surface area contributed by atoms with E-state index in [1.807, 2.05) is 0 Å². The average Bonchev–Trinajstić information content (AvgIpc) is 3.06. The summed E-state index contributed by atoms with van der Waals surface area (Å²) < 4.78 is 32.7. The van der Waals surface area contributed by atoms with Crippen LogP contribution in [0, 0.1) is 11.6 Å². The zero-order valence-electron chi connectivity index (χ0n) is 12.9. The van der Waals surface area contributed by atoms with Crippen LogP contribution in [0.25, 0.3) is 0 Å². The highest BCUT2D eigenvalue weighted by Crippen LogP contribution is 2.24. The molecule has 0 spiro atoms. The highest BCUT2D eigenvalue weighted by molar-refractivity contribution is 5.81. The lowest BCUT2D eigenvalue weighted by atomic mass is 10.1. The molecule has 0 saturated carbocycles. The van der Waals surface area contributed by atoms with Crippen LogP contribution < -0.4 is 10.6 Å². The number of ether oxygens (including phenoxy) is 1. The minimum atomic E-state index is -0.466. The molecule has 126 valence electrons. The largest absolute Gasteiger partial charge is 0.366 e. The van der Waals surface area contributed by atoms with Gasteiger partial charge in [-0.2, -0.15) is 0 Å². The minimum absolute atomic E-state index is 0.0275. The van der Waals surface area contributed by atoms with Crippen molar-refractivity contribution in [3.8, 4) is 0 Å². The van der Waals surface area contributed by atoms with Gasteiger partial charge in [0.15, 0.2) is 0 Å². The van der Waals surface area contributed by atoms with Gasteiger partial charge in [-0.05, 0) is 25.0 Å². The Balaban J connectivity index is 1.58. The number of hydrogen-bond donors (Lipinski definition) is 1. The van der Waals surface area contributed by atoms with E-state index >= 15 is 0 Å². The van der Waals surface area contributed by atoms with Crippen LogP contribution >= 0.6 is 0 Å². The summed E-state index contributed by atoms with van der Waals surface area (Å²) in [5.74, 6) is -0.941. The van der Waals surface area contributed by atoms with Crippen molar-refractivity contribution in [2.45, 2.75) is 25.0 Å². The summed E-state index contributed by atoms with van der Waals surface area (Å²) in [6.07, 6.45) is 1.05. The number of hydrogen-bond acceptors (Lipinski definition) is 4. The molecule has 3 rings (SSSR count). The van der Waals surface area contributed by atoms with E-state index in [9.17, 15) is 13.6 Å². The number of rotatable bonds is 3. The second kappa shape index (κ2) is 6.80. The summed E-state index contributed by atoms with van der Waals surface area (Å²) in [5, 5.41) is 0. The molecular formula is C16H21F2N3O2. The van der Waals surface area contributed by atoms with Crippen molar-refractivity contribution in [2.24, 2.45) is 5.73 Å². The molecular weight excluding hydrogens is 304 g/mol. The Morgan fingerprint density at radius 2 is 1.96 bits per heavy atom. The molecule has 0 aliphatic carbocycles. The molecule has 0 bridgehead atoms. The van der Waals surface area contributed by atoms with Crippen molar-refractivity contribution in [2.75, 3.05) is 37.6 Å². The van der Waals surface area contributed by atoms with Crippen molar-refractivity contribution in [3.63, 3.8) is 0 Å². The summed E-state index contributed by atoms with van der Waals surface area (Å²) in [6, 6.07) is 3.42. The number of anilines is 1. The van der Waals surface area contributed by atoms with Crippen LogP contribution in [-0.2, 0) is 9.53 Å². The number of carbonyl (C=O) groups is 1. The SMILES string of the molecule is NC[C@H]1CC[C@@H](C(=O)N2CCN(c3cc(F)ccc3F)CC2)O1. The van der Waals surface area contributed by atoms with Crippen LogP contribution in [0.3, 0.4) is 0 Å². The number of amides is 1. The van der Waals surface area contributed by atoms with E-state index in [0.717, 1.165) is 18.6 Å². The molecule has 2 aliphatic heterocycles. The molecule has 2 saturated heterocycles. The smallest absolute Gasteiger partial charge is 0.251 e. The van der Waals surface area contributed by atoms with E-state index in [2.05, 4.69) is 0 Å². The predicted octanol–water partition coefficient (Wildman–Crippen LogP) is 1.12. The number of piperazine rings is 1. The Kier molecular flexibility index (Phi) is 4.77. The van der Waals surface area contributed by atoms with Gasteiger partial charge in [-0.3, -0.25) is 4.79 Å². The van der Waals surface area contributed by atoms with Gasteiger partial charge in [0.1, 0.15) is 17.7 Å². The monoisotopic (exact) mass is 325 g/mol. The fourth-order valence-corrected chi connectivity index (χ4v) is 3.16. The third-order valence-corrected chi connectivity index (χ3v) is 4.49. The Morgan fingerprint density at radius 1 is 1.22 bits per heavy atom. The number of nitrogens with two attached hydrogens (primary N) is 1. The van der Waals surface area contributed by atoms with Gasteiger partial charge in [-0.15, -0.1) is 0 Å². The Hall–Kier alpha value is -1.73. The molecule has 23 heavy (non-hydrogen) atoms. The summed E-state index contributed by atoms with van der Waals surface area (Å²) in [7, 11) is 0. The van der Waals surface area contributed by atoms with E-state index in [4.69, 9.17) is 10.5 Å². The van der Waals surface area contributed by atoms with Gasteiger partial charge in [0.05, 0.1) is 11.8 Å². The maximum atomic E-state index is 13.8. The molecule has 2 aliphatic rings. The lowest BCUT2D eigenvalue weighted by molar-refractivity contribution is -0.143. The van der Waals surface area contributed by atoms with E-state index in [0.29, 0.717) is 39.1 Å². The number of carbonyl (C=O) groups excluding carboxylic acids is 1. The van der Waals surface area contributed by atoms with Crippen molar-refractivity contribution in [1.82, 2.24) is 4.90 Å². The van der Waals surface area contributed by atoms with Gasteiger partial charge in [0.2, 0.25) is 0 Å². The maximum absolute atomic E-state index is 13.8. The molecule has 2 N–H and O–H groups in total. The van der Waals surface area contributed by atoms with Gasteiger partial charge in [0.25, 0.3) is 5.91 Å². The van der Waals surface area contributed by atoms with Gasteiger partial charge in [-0.1, -0.05) is 0 Å². The summed E-state index contributed by atoms with van der Waals surface area (Å²) >= 11 is 0. The average molecular weight is 325 g/mol. The third-order valence-electron chi connectivity index (χ3n) is 4.49. The van der Waals surface area contributed by atoms with Gasteiger partial charge < -0.3 is 20.3 Å². The molecule has 5 nitrogen and oxygen atoms in total. The number of halogens is 2. The van der Waals surface area contributed by atoms with Crippen LogP contribution in [0.4, 0.5) is 14.5 Å². The molecule has 2 fully saturated rings. The first kappa shape index (κ1) is 16.1. The number of nitrogens with zero attached hydrogens (tertiary/aromatic N) is 2. The molecule has 1 aromatic rings. The molecule has 1 aromatic carbocycles. The van der Waals surface area contributed by atoms with Gasteiger partial charge in [-0.25, -0.2) is 8.78 Å². The van der Waals surface area contributed by atoms with Crippen molar-refractivity contribution in [3.05, 3.63) is 29.8 Å². The lowest BCUT2D eigenvalue weighted by Gasteiger charge is -2.37. The van der Waals surface area contributed by atoms with E-state index in [1.165, 1.54) is 6.07 Å². The first-order valence-corrected chi connectivity index (χ1v) is 7.93. The van der Waals surface area contributed by atoms with Crippen molar-refractivity contribution < 1.29 is 18.3 Å². The molecule has 2 atom stereocenters. The molecule has 0 unspecified atom stereocenters. The Labute approximate surface area is 134 Å². The quantitative estimate of drug-likeness (QED) is 0.905. The maximum Gasteiger partial charge on any atom is 0.251 e. The van der Waals surface area contributed by atoms with E-state index in [-0.39, 0.29) is 17.7 Å².